The van der Waals surface area contributed by atoms with Gasteiger partial charge in [-0.15, -0.1) is 0 Å². The van der Waals surface area contributed by atoms with Gasteiger partial charge >= 0.3 is 0 Å². The zero-order valence-electron chi connectivity index (χ0n) is 9.11. The number of hydrogen-bond donors (Lipinski definition) is 0. The van der Waals surface area contributed by atoms with Crippen molar-refractivity contribution in [3.8, 4) is 0 Å². The minimum atomic E-state index is -0.380. The Morgan fingerprint density at radius 2 is 1.20 bits per heavy atom. The van der Waals surface area contributed by atoms with Crippen LogP contribution >= 0.6 is 0 Å². The number of hydrogen-bond acceptors (Lipinski definition) is 3. The summed E-state index contributed by atoms with van der Waals surface area (Å²) in [6, 6.07) is 9.23. The fourth-order valence-corrected chi connectivity index (χ4v) is 0.673. The molecule has 0 aliphatic rings. The van der Waals surface area contributed by atoms with E-state index < -0.39 is 0 Å². The van der Waals surface area contributed by atoms with E-state index in [9.17, 15) is 14.4 Å². The van der Waals surface area contributed by atoms with E-state index in [0.29, 0.717) is 0 Å². The van der Waals surface area contributed by atoms with Gasteiger partial charge in [-0.2, -0.15) is 0 Å². The highest BCUT2D eigenvalue weighted by Crippen LogP contribution is 1.97. The van der Waals surface area contributed by atoms with Gasteiger partial charge in [-0.05, 0) is 6.92 Å². The van der Waals surface area contributed by atoms with Crippen molar-refractivity contribution in [2.24, 2.45) is 0 Å². The number of rotatable bonds is 2. The molecule has 15 heavy (non-hydrogen) atoms. The Labute approximate surface area is 89.1 Å². The first-order valence-electron chi connectivity index (χ1n) is 4.52. The molecule has 3 nitrogen and oxygen atoms in total. The predicted octanol–water partition coefficient (Wildman–Crippen LogP) is 2.05. The summed E-state index contributed by atoms with van der Waals surface area (Å²) in [5.74, 6) is -0.638. The Hall–Kier alpha value is -1.77. The van der Waals surface area contributed by atoms with Crippen molar-refractivity contribution in [2.75, 3.05) is 0 Å². The van der Waals surface area contributed by atoms with Gasteiger partial charge in [0.2, 0.25) is 0 Å². The summed E-state index contributed by atoms with van der Waals surface area (Å²) >= 11 is 0. The summed E-state index contributed by atoms with van der Waals surface area (Å²) in [6.45, 7) is 4.07. The number of benzene rings is 1. The van der Waals surface area contributed by atoms with Gasteiger partial charge in [-0.3, -0.25) is 14.4 Å². The minimum absolute atomic E-state index is 0.121. The number of Topliss-reactive ketones (excluding diaryl/α,β-unsaturated/α-hetero) is 3. The molecule has 1 aromatic carbocycles. The maximum atomic E-state index is 10.6. The second-order valence-corrected chi connectivity index (χ2v) is 3.03. The normalized spacial score (nSPS) is 8.47. The SMILES string of the molecule is CC(=O)C(C)=O.CC(=O)c1ccccc1. The molecule has 1 aromatic rings. The molecule has 0 aliphatic heterocycles. The van der Waals surface area contributed by atoms with Gasteiger partial charge in [0.1, 0.15) is 0 Å². The van der Waals surface area contributed by atoms with Crippen LogP contribution in [0.15, 0.2) is 30.3 Å². The van der Waals surface area contributed by atoms with Gasteiger partial charge in [0, 0.05) is 19.4 Å². The van der Waals surface area contributed by atoms with E-state index in [-0.39, 0.29) is 17.3 Å². The molecule has 0 aromatic heterocycles. The first kappa shape index (κ1) is 13.2. The third kappa shape index (κ3) is 6.32. The highest BCUT2D eigenvalue weighted by molar-refractivity contribution is 6.35. The second-order valence-electron chi connectivity index (χ2n) is 3.03. The van der Waals surface area contributed by atoms with E-state index in [2.05, 4.69) is 0 Å². The molecule has 0 saturated carbocycles. The molecule has 0 N–H and O–H groups in total. The standard InChI is InChI=1S/C8H8O.C4H6O2/c1-7(9)8-5-3-2-4-6-8;1-3(5)4(2)6/h2-6H,1H3;1-2H3. The largest absolute Gasteiger partial charge is 0.295 e. The Balaban J connectivity index is 0.000000288. The summed E-state index contributed by atoms with van der Waals surface area (Å²) in [4.78, 5) is 30.2. The topological polar surface area (TPSA) is 51.2 Å². The lowest BCUT2D eigenvalue weighted by atomic mass is 10.2. The average molecular weight is 206 g/mol. The first-order valence-corrected chi connectivity index (χ1v) is 4.52. The van der Waals surface area contributed by atoms with Gasteiger partial charge in [-0.1, -0.05) is 30.3 Å². The van der Waals surface area contributed by atoms with E-state index in [0.717, 1.165) is 5.56 Å². The van der Waals surface area contributed by atoms with Crippen LogP contribution in [0.3, 0.4) is 0 Å². The van der Waals surface area contributed by atoms with Crippen molar-refractivity contribution < 1.29 is 14.4 Å². The van der Waals surface area contributed by atoms with Crippen LogP contribution in [0.5, 0.6) is 0 Å². The number of ketones is 3. The molecule has 0 spiro atoms. The van der Waals surface area contributed by atoms with Crippen LogP contribution in [0.1, 0.15) is 31.1 Å². The van der Waals surface area contributed by atoms with E-state index >= 15 is 0 Å². The maximum Gasteiger partial charge on any atom is 0.195 e. The lowest BCUT2D eigenvalue weighted by Gasteiger charge is -1.89. The van der Waals surface area contributed by atoms with Crippen LogP contribution in [0.4, 0.5) is 0 Å². The average Bonchev–Trinajstić information content (AvgIpc) is 2.20. The van der Waals surface area contributed by atoms with E-state index in [1.807, 2.05) is 30.3 Å². The zero-order valence-corrected chi connectivity index (χ0v) is 9.11. The van der Waals surface area contributed by atoms with Crippen molar-refractivity contribution in [1.29, 1.82) is 0 Å². The molecule has 0 bridgehead atoms. The molecule has 0 radical (unpaired) electrons. The zero-order chi connectivity index (χ0) is 11.8. The predicted molar refractivity (Wildman–Crippen MR) is 57.8 cm³/mol. The molecule has 80 valence electrons. The summed E-state index contributed by atoms with van der Waals surface area (Å²) in [5, 5.41) is 0. The minimum Gasteiger partial charge on any atom is -0.295 e. The van der Waals surface area contributed by atoms with Crippen LogP contribution < -0.4 is 0 Å². The fourth-order valence-electron chi connectivity index (χ4n) is 0.673. The lowest BCUT2D eigenvalue weighted by molar-refractivity contribution is -0.134. The Bertz CT molecular complexity index is 340. The quantitative estimate of drug-likeness (QED) is 0.549. The third-order valence-electron chi connectivity index (χ3n) is 1.68. The van der Waals surface area contributed by atoms with Gasteiger partial charge in [0.05, 0.1) is 0 Å². The van der Waals surface area contributed by atoms with E-state index in [1.165, 1.54) is 13.8 Å². The third-order valence-corrected chi connectivity index (χ3v) is 1.68. The lowest BCUT2D eigenvalue weighted by Crippen LogP contribution is -2.01. The van der Waals surface area contributed by atoms with Crippen LogP contribution in [0, 0.1) is 0 Å². The monoisotopic (exact) mass is 206 g/mol. The maximum absolute atomic E-state index is 10.6. The van der Waals surface area contributed by atoms with Crippen molar-refractivity contribution in [3.05, 3.63) is 35.9 Å². The van der Waals surface area contributed by atoms with Gasteiger partial charge in [0.25, 0.3) is 0 Å². The van der Waals surface area contributed by atoms with Gasteiger partial charge in [0.15, 0.2) is 17.3 Å². The van der Waals surface area contributed by atoms with Crippen molar-refractivity contribution in [2.45, 2.75) is 20.8 Å². The smallest absolute Gasteiger partial charge is 0.195 e. The molecule has 3 heteroatoms. The van der Waals surface area contributed by atoms with Crippen LogP contribution in [-0.4, -0.2) is 17.3 Å². The van der Waals surface area contributed by atoms with Crippen molar-refractivity contribution in [1.82, 2.24) is 0 Å². The highest BCUT2D eigenvalue weighted by Gasteiger charge is 1.94. The molecule has 0 aliphatic carbocycles. The molecule has 0 unspecified atom stereocenters. The van der Waals surface area contributed by atoms with Gasteiger partial charge in [-0.25, -0.2) is 0 Å². The van der Waals surface area contributed by atoms with Crippen molar-refractivity contribution >= 4 is 17.3 Å². The molecule has 0 heterocycles. The van der Waals surface area contributed by atoms with Crippen LogP contribution in [0.2, 0.25) is 0 Å². The molecule has 0 saturated heterocycles. The van der Waals surface area contributed by atoms with Crippen LogP contribution in [0.25, 0.3) is 0 Å². The highest BCUT2D eigenvalue weighted by atomic mass is 16.2. The fraction of sp³-hybridized carbons (Fsp3) is 0.250. The van der Waals surface area contributed by atoms with Crippen molar-refractivity contribution in [3.63, 3.8) is 0 Å². The molecule has 0 amide bonds. The van der Waals surface area contributed by atoms with E-state index in [4.69, 9.17) is 0 Å². The summed E-state index contributed by atoms with van der Waals surface area (Å²) in [6.07, 6.45) is 0. The number of carbonyl (C=O) groups excluding carboxylic acids is 3. The Morgan fingerprint density at radius 3 is 1.40 bits per heavy atom. The first-order chi connectivity index (χ1) is 6.95. The molecule has 1 rings (SSSR count). The Kier molecular flexibility index (Phi) is 5.86. The molecule has 0 fully saturated rings. The Morgan fingerprint density at radius 1 is 0.800 bits per heavy atom. The summed E-state index contributed by atoms with van der Waals surface area (Å²) in [7, 11) is 0. The van der Waals surface area contributed by atoms with Crippen LogP contribution in [-0.2, 0) is 9.59 Å². The van der Waals surface area contributed by atoms with E-state index in [1.54, 1.807) is 6.92 Å². The number of carbonyl (C=O) groups is 3. The summed E-state index contributed by atoms with van der Waals surface area (Å²) < 4.78 is 0. The molecule has 0 atom stereocenters. The molecular weight excluding hydrogens is 192 g/mol. The summed E-state index contributed by atoms with van der Waals surface area (Å²) in [5.41, 5.74) is 0.775. The second kappa shape index (κ2) is 6.65. The molecular formula is C12H14O3. The van der Waals surface area contributed by atoms with Gasteiger partial charge < -0.3 is 0 Å².